The first-order chi connectivity index (χ1) is 14.3. The molecule has 8 nitrogen and oxygen atoms in total. The SMILES string of the molecule is CN(C)CC1CCC(CNc2nc(N)nc(Cc3ccccc3Cl)c2[N+](=O)[O-])CC1. The predicted molar refractivity (Wildman–Crippen MR) is 120 cm³/mol. The summed E-state index contributed by atoms with van der Waals surface area (Å²) in [6, 6.07) is 7.22. The van der Waals surface area contributed by atoms with Gasteiger partial charge in [0.25, 0.3) is 0 Å². The van der Waals surface area contributed by atoms with E-state index in [2.05, 4.69) is 34.3 Å². The molecular formula is C21H29ClN6O2. The number of aromatic nitrogens is 2. The molecule has 30 heavy (non-hydrogen) atoms. The first-order valence-electron chi connectivity index (χ1n) is 10.3. The molecule has 3 rings (SSSR count). The van der Waals surface area contributed by atoms with E-state index in [0.717, 1.165) is 30.9 Å². The third kappa shape index (κ3) is 5.79. The average molecular weight is 433 g/mol. The van der Waals surface area contributed by atoms with Gasteiger partial charge in [-0.3, -0.25) is 10.1 Å². The number of rotatable bonds is 8. The topological polar surface area (TPSA) is 110 Å². The number of nitro groups is 1. The van der Waals surface area contributed by atoms with Gasteiger partial charge >= 0.3 is 5.69 Å². The third-order valence-electron chi connectivity index (χ3n) is 5.62. The summed E-state index contributed by atoms with van der Waals surface area (Å²) < 4.78 is 0. The predicted octanol–water partition coefficient (Wildman–Crippen LogP) is 3.99. The Balaban J connectivity index is 1.73. The van der Waals surface area contributed by atoms with E-state index in [9.17, 15) is 10.1 Å². The summed E-state index contributed by atoms with van der Waals surface area (Å²) in [5.41, 5.74) is 6.75. The molecule has 0 amide bonds. The normalized spacial score (nSPS) is 19.1. The zero-order chi connectivity index (χ0) is 21.7. The van der Waals surface area contributed by atoms with Crippen molar-refractivity contribution in [2.45, 2.75) is 32.1 Å². The molecule has 1 aliphatic rings. The summed E-state index contributed by atoms with van der Waals surface area (Å²) in [6.07, 6.45) is 4.78. The Morgan fingerprint density at radius 3 is 2.50 bits per heavy atom. The number of halogens is 1. The van der Waals surface area contributed by atoms with E-state index in [4.69, 9.17) is 17.3 Å². The minimum atomic E-state index is -0.443. The van der Waals surface area contributed by atoms with Gasteiger partial charge in [-0.1, -0.05) is 29.8 Å². The second-order valence-electron chi connectivity index (χ2n) is 8.28. The fraction of sp³-hybridized carbons (Fsp3) is 0.524. The fourth-order valence-electron chi connectivity index (χ4n) is 4.16. The summed E-state index contributed by atoms with van der Waals surface area (Å²) in [4.78, 5) is 21.9. The van der Waals surface area contributed by atoms with Crippen LogP contribution in [0.15, 0.2) is 24.3 Å². The lowest BCUT2D eigenvalue weighted by atomic mass is 9.82. The quantitative estimate of drug-likeness (QED) is 0.479. The van der Waals surface area contributed by atoms with Crippen molar-refractivity contribution in [1.82, 2.24) is 14.9 Å². The molecule has 1 aliphatic carbocycles. The summed E-state index contributed by atoms with van der Waals surface area (Å²) in [7, 11) is 4.21. The lowest BCUT2D eigenvalue weighted by Gasteiger charge is -2.30. The number of benzene rings is 1. The van der Waals surface area contributed by atoms with E-state index in [1.807, 2.05) is 18.2 Å². The van der Waals surface area contributed by atoms with Crippen molar-refractivity contribution in [2.24, 2.45) is 11.8 Å². The molecule has 0 unspecified atom stereocenters. The van der Waals surface area contributed by atoms with E-state index in [1.54, 1.807) is 6.07 Å². The molecule has 1 aromatic carbocycles. The Morgan fingerprint density at radius 1 is 1.20 bits per heavy atom. The molecule has 0 radical (unpaired) electrons. The molecule has 0 atom stereocenters. The lowest BCUT2D eigenvalue weighted by molar-refractivity contribution is -0.385. The first-order valence-corrected chi connectivity index (χ1v) is 10.6. The van der Waals surface area contributed by atoms with Gasteiger partial charge in [0.15, 0.2) is 0 Å². The number of anilines is 2. The smallest absolute Gasteiger partial charge is 0.333 e. The van der Waals surface area contributed by atoms with Crippen molar-refractivity contribution in [2.75, 3.05) is 38.2 Å². The van der Waals surface area contributed by atoms with Crippen molar-refractivity contribution < 1.29 is 4.92 Å². The van der Waals surface area contributed by atoms with Gasteiger partial charge in [0, 0.05) is 24.5 Å². The van der Waals surface area contributed by atoms with Crippen molar-refractivity contribution in [1.29, 1.82) is 0 Å². The van der Waals surface area contributed by atoms with E-state index < -0.39 is 4.92 Å². The Kier molecular flexibility index (Phi) is 7.44. The molecule has 0 bridgehead atoms. The molecule has 1 fully saturated rings. The number of hydrogen-bond donors (Lipinski definition) is 2. The second-order valence-corrected chi connectivity index (χ2v) is 8.69. The molecule has 3 N–H and O–H groups in total. The highest BCUT2D eigenvalue weighted by Gasteiger charge is 2.27. The minimum Gasteiger partial charge on any atom is -0.368 e. The highest BCUT2D eigenvalue weighted by atomic mass is 35.5. The molecule has 2 aromatic rings. The van der Waals surface area contributed by atoms with Crippen LogP contribution in [0.1, 0.15) is 36.9 Å². The molecule has 0 spiro atoms. The molecule has 162 valence electrons. The summed E-state index contributed by atoms with van der Waals surface area (Å²) in [5.74, 6) is 1.39. The molecule has 1 saturated carbocycles. The van der Waals surface area contributed by atoms with Crippen LogP contribution in [0.5, 0.6) is 0 Å². The van der Waals surface area contributed by atoms with E-state index in [1.165, 1.54) is 12.8 Å². The van der Waals surface area contributed by atoms with Gasteiger partial charge in [0.2, 0.25) is 11.8 Å². The Labute approximate surface area is 182 Å². The van der Waals surface area contributed by atoms with Crippen molar-refractivity contribution in [3.05, 3.63) is 50.7 Å². The maximum absolute atomic E-state index is 11.8. The molecule has 0 aliphatic heterocycles. The van der Waals surface area contributed by atoms with E-state index in [-0.39, 0.29) is 29.6 Å². The summed E-state index contributed by atoms with van der Waals surface area (Å²) in [6.45, 7) is 1.75. The highest BCUT2D eigenvalue weighted by molar-refractivity contribution is 6.31. The molecular weight excluding hydrogens is 404 g/mol. The number of nitrogen functional groups attached to an aromatic ring is 1. The second kappa shape index (κ2) is 10.0. The van der Waals surface area contributed by atoms with Crippen LogP contribution in [-0.2, 0) is 6.42 Å². The zero-order valence-corrected chi connectivity index (χ0v) is 18.2. The van der Waals surface area contributed by atoms with Crippen molar-refractivity contribution in [3.63, 3.8) is 0 Å². The van der Waals surface area contributed by atoms with Crippen LogP contribution in [0.4, 0.5) is 17.5 Å². The van der Waals surface area contributed by atoms with Crippen LogP contribution in [0.2, 0.25) is 5.02 Å². The maximum Gasteiger partial charge on any atom is 0.333 e. The fourth-order valence-corrected chi connectivity index (χ4v) is 4.36. The van der Waals surface area contributed by atoms with Gasteiger partial charge in [-0.05, 0) is 63.2 Å². The highest BCUT2D eigenvalue weighted by Crippen LogP contribution is 2.32. The van der Waals surface area contributed by atoms with Crippen LogP contribution in [0, 0.1) is 22.0 Å². The summed E-state index contributed by atoms with van der Waals surface area (Å²) in [5, 5.41) is 15.6. The Hall–Kier alpha value is -2.45. The van der Waals surface area contributed by atoms with Crippen molar-refractivity contribution >= 4 is 29.1 Å². The Morgan fingerprint density at radius 2 is 1.87 bits per heavy atom. The van der Waals surface area contributed by atoms with Gasteiger partial charge in [-0.25, -0.2) is 4.98 Å². The van der Waals surface area contributed by atoms with Crippen LogP contribution in [0.25, 0.3) is 0 Å². The van der Waals surface area contributed by atoms with Crippen molar-refractivity contribution in [3.8, 4) is 0 Å². The Bertz CT molecular complexity index is 884. The largest absolute Gasteiger partial charge is 0.368 e. The van der Waals surface area contributed by atoms with Crippen LogP contribution in [0.3, 0.4) is 0 Å². The monoisotopic (exact) mass is 432 g/mol. The van der Waals surface area contributed by atoms with Crippen LogP contribution >= 0.6 is 11.6 Å². The number of hydrogen-bond acceptors (Lipinski definition) is 7. The molecule has 9 heteroatoms. The average Bonchev–Trinajstić information content (AvgIpc) is 2.68. The number of nitrogens with one attached hydrogen (secondary N) is 1. The maximum atomic E-state index is 11.8. The third-order valence-corrected chi connectivity index (χ3v) is 5.99. The molecule has 1 heterocycles. The zero-order valence-electron chi connectivity index (χ0n) is 17.5. The summed E-state index contributed by atoms with van der Waals surface area (Å²) >= 11 is 6.23. The van der Waals surface area contributed by atoms with Gasteiger partial charge in [0.05, 0.1) is 4.92 Å². The number of nitrogens with zero attached hydrogens (tertiary/aromatic N) is 4. The van der Waals surface area contributed by atoms with Crippen LogP contribution in [-0.4, -0.2) is 47.0 Å². The number of nitrogens with two attached hydrogens (primary N) is 1. The first kappa shape index (κ1) is 22.2. The van der Waals surface area contributed by atoms with Crippen LogP contribution < -0.4 is 11.1 Å². The standard InChI is InChI=1S/C21H29ClN6O2/c1-27(2)13-15-9-7-14(8-10-15)12-24-20-19(28(29)30)18(25-21(23)26-20)11-16-5-3-4-6-17(16)22/h3-6,14-15H,7-13H2,1-2H3,(H3,23,24,25,26). The molecule has 1 aromatic heterocycles. The van der Waals surface area contributed by atoms with Gasteiger partial charge in [-0.2, -0.15) is 4.98 Å². The van der Waals surface area contributed by atoms with Gasteiger partial charge < -0.3 is 16.0 Å². The van der Waals surface area contributed by atoms with E-state index >= 15 is 0 Å². The lowest BCUT2D eigenvalue weighted by Crippen LogP contribution is -2.28. The van der Waals surface area contributed by atoms with Gasteiger partial charge in [0.1, 0.15) is 5.69 Å². The molecule has 0 saturated heterocycles. The minimum absolute atomic E-state index is 0.0137. The van der Waals surface area contributed by atoms with Gasteiger partial charge in [-0.15, -0.1) is 0 Å². The van der Waals surface area contributed by atoms with E-state index in [0.29, 0.717) is 17.5 Å².